The smallest absolute Gasteiger partial charge is 0.328 e. The number of carboxylic acids is 1. The molecule has 6 heteroatoms. The van der Waals surface area contributed by atoms with Crippen molar-refractivity contribution in [1.82, 2.24) is 5.32 Å². The number of hydrogen-bond acceptors (Lipinski definition) is 3. The Morgan fingerprint density at radius 2 is 2.00 bits per heavy atom. The molecule has 2 N–H and O–H groups in total. The monoisotopic (exact) mass is 319 g/mol. The van der Waals surface area contributed by atoms with Crippen molar-refractivity contribution < 1.29 is 23.5 Å². The number of rotatable bonds is 6. The first kappa shape index (κ1) is 16.7. The molecule has 0 aliphatic rings. The molecule has 2 rings (SSSR count). The van der Waals surface area contributed by atoms with Crippen molar-refractivity contribution in [3.05, 3.63) is 47.7 Å². The number of carbonyl (C=O) groups excluding carboxylic acids is 1. The molecule has 1 heterocycles. The highest BCUT2D eigenvalue weighted by Gasteiger charge is 2.22. The quantitative estimate of drug-likeness (QED) is 0.857. The van der Waals surface area contributed by atoms with Gasteiger partial charge in [0.05, 0.1) is 0 Å². The summed E-state index contributed by atoms with van der Waals surface area (Å²) >= 11 is 0. The van der Waals surface area contributed by atoms with E-state index in [1.807, 2.05) is 24.3 Å². The van der Waals surface area contributed by atoms with Crippen LogP contribution >= 0.6 is 0 Å². The summed E-state index contributed by atoms with van der Waals surface area (Å²) in [5, 5.41) is 10.8. The first-order valence-corrected chi connectivity index (χ1v) is 7.22. The van der Waals surface area contributed by atoms with E-state index in [4.69, 9.17) is 9.52 Å². The summed E-state index contributed by atoms with van der Waals surface area (Å²) in [4.78, 5) is 22.6. The number of amides is 1. The number of benzene rings is 1. The van der Waals surface area contributed by atoms with Crippen molar-refractivity contribution in [1.29, 1.82) is 0 Å². The molecule has 1 atom stereocenters. The number of carbonyl (C=O) groups is 2. The van der Waals surface area contributed by atoms with Crippen molar-refractivity contribution in [2.45, 2.75) is 25.8 Å². The highest BCUT2D eigenvalue weighted by Crippen LogP contribution is 2.25. The van der Waals surface area contributed by atoms with E-state index in [9.17, 15) is 14.0 Å². The normalized spacial score (nSPS) is 12.2. The number of alkyl halides is 1. The molecule has 5 nitrogen and oxygen atoms in total. The van der Waals surface area contributed by atoms with Gasteiger partial charge >= 0.3 is 5.97 Å². The fraction of sp³-hybridized carbons (Fsp3) is 0.294. The maximum Gasteiger partial charge on any atom is 0.328 e. The maximum atomic E-state index is 12.5. The second-order valence-electron chi connectivity index (χ2n) is 5.46. The summed E-state index contributed by atoms with van der Waals surface area (Å²) < 4.78 is 18.0. The number of furan rings is 1. The van der Waals surface area contributed by atoms with Crippen LogP contribution in [0.2, 0.25) is 0 Å². The third kappa shape index (κ3) is 3.97. The van der Waals surface area contributed by atoms with Crippen LogP contribution in [0.1, 0.15) is 35.9 Å². The zero-order chi connectivity index (χ0) is 17.0. The second-order valence-corrected chi connectivity index (χ2v) is 5.46. The van der Waals surface area contributed by atoms with Crippen molar-refractivity contribution >= 4 is 11.9 Å². The van der Waals surface area contributed by atoms with E-state index in [1.54, 1.807) is 6.07 Å². The Morgan fingerprint density at radius 1 is 1.26 bits per heavy atom. The molecular formula is C17H18FNO4. The minimum atomic E-state index is -1.58. The highest BCUT2D eigenvalue weighted by atomic mass is 19.1. The molecule has 1 aromatic carbocycles. The largest absolute Gasteiger partial charge is 0.480 e. The first-order valence-electron chi connectivity index (χ1n) is 7.22. The second kappa shape index (κ2) is 7.09. The summed E-state index contributed by atoms with van der Waals surface area (Å²) in [6.45, 7) is 2.96. The predicted octanol–water partition coefficient (Wildman–Crippen LogP) is 3.22. The van der Waals surface area contributed by atoms with Crippen LogP contribution in [-0.4, -0.2) is 29.7 Å². The van der Waals surface area contributed by atoms with Crippen LogP contribution in [0.4, 0.5) is 4.39 Å². The fourth-order valence-corrected chi connectivity index (χ4v) is 2.06. The van der Waals surface area contributed by atoms with Gasteiger partial charge in [-0.15, -0.1) is 0 Å². The van der Waals surface area contributed by atoms with E-state index >= 15 is 0 Å². The van der Waals surface area contributed by atoms with Crippen LogP contribution in [0.5, 0.6) is 0 Å². The summed E-state index contributed by atoms with van der Waals surface area (Å²) in [5.74, 6) is -1.41. The third-order valence-corrected chi connectivity index (χ3v) is 3.43. The maximum absolute atomic E-state index is 12.5. The van der Waals surface area contributed by atoms with Gasteiger partial charge in [0.25, 0.3) is 5.91 Å². The SMILES string of the molecule is CC(C)c1cccc(-c2ccc(C(=O)NC(CF)C(=O)O)o2)c1. The van der Waals surface area contributed by atoms with Crippen molar-refractivity contribution in [2.24, 2.45) is 0 Å². The summed E-state index contributed by atoms with van der Waals surface area (Å²) in [7, 11) is 0. The third-order valence-electron chi connectivity index (χ3n) is 3.43. The van der Waals surface area contributed by atoms with E-state index in [-0.39, 0.29) is 5.76 Å². The van der Waals surface area contributed by atoms with Crippen LogP contribution < -0.4 is 5.32 Å². The van der Waals surface area contributed by atoms with Crippen molar-refractivity contribution in [3.8, 4) is 11.3 Å². The first-order chi connectivity index (χ1) is 10.9. The molecule has 23 heavy (non-hydrogen) atoms. The molecule has 1 amide bonds. The van der Waals surface area contributed by atoms with E-state index in [2.05, 4.69) is 19.2 Å². The Labute approximate surface area is 133 Å². The van der Waals surface area contributed by atoms with E-state index in [1.165, 1.54) is 6.07 Å². The van der Waals surface area contributed by atoms with Crippen molar-refractivity contribution in [3.63, 3.8) is 0 Å². The molecule has 122 valence electrons. The molecule has 2 aromatic rings. The van der Waals surface area contributed by atoms with Gasteiger partial charge in [-0.05, 0) is 29.7 Å². The zero-order valence-electron chi connectivity index (χ0n) is 12.9. The van der Waals surface area contributed by atoms with Gasteiger partial charge in [0, 0.05) is 5.56 Å². The standard InChI is InChI=1S/C17H18FNO4/c1-10(2)11-4-3-5-12(8-11)14-6-7-15(23-14)16(20)19-13(9-18)17(21)22/h3-8,10,13H,9H2,1-2H3,(H,19,20)(H,21,22). The minimum absolute atomic E-state index is 0.0605. The molecule has 0 fully saturated rings. The minimum Gasteiger partial charge on any atom is -0.480 e. The lowest BCUT2D eigenvalue weighted by atomic mass is 10.0. The van der Waals surface area contributed by atoms with E-state index in [0.29, 0.717) is 11.7 Å². The summed E-state index contributed by atoms with van der Waals surface area (Å²) in [5.41, 5.74) is 1.95. The van der Waals surface area contributed by atoms with Gasteiger partial charge in [-0.3, -0.25) is 4.79 Å². The average molecular weight is 319 g/mol. The van der Waals surface area contributed by atoms with Gasteiger partial charge < -0.3 is 14.8 Å². The lowest BCUT2D eigenvalue weighted by molar-refractivity contribution is -0.139. The zero-order valence-corrected chi connectivity index (χ0v) is 12.9. The topological polar surface area (TPSA) is 79.5 Å². The molecule has 0 saturated heterocycles. The van der Waals surface area contributed by atoms with Gasteiger partial charge in [-0.1, -0.05) is 32.0 Å². The molecule has 0 saturated carbocycles. The predicted molar refractivity (Wildman–Crippen MR) is 83.1 cm³/mol. The molecule has 0 aliphatic heterocycles. The lowest BCUT2D eigenvalue weighted by Gasteiger charge is -2.09. The van der Waals surface area contributed by atoms with Crippen molar-refractivity contribution in [2.75, 3.05) is 6.67 Å². The number of halogens is 1. The van der Waals surface area contributed by atoms with Crippen LogP contribution in [0.15, 0.2) is 40.8 Å². The van der Waals surface area contributed by atoms with Gasteiger partial charge in [0.1, 0.15) is 12.4 Å². The molecule has 0 spiro atoms. The number of aliphatic carboxylic acids is 1. The van der Waals surface area contributed by atoms with Crippen LogP contribution in [-0.2, 0) is 4.79 Å². The van der Waals surface area contributed by atoms with E-state index in [0.717, 1.165) is 11.1 Å². The Bertz CT molecular complexity index is 708. The Balaban J connectivity index is 2.19. The Morgan fingerprint density at radius 3 is 2.61 bits per heavy atom. The number of nitrogens with one attached hydrogen (secondary N) is 1. The number of carboxylic acid groups (broad SMARTS) is 1. The van der Waals surface area contributed by atoms with Crippen LogP contribution in [0.25, 0.3) is 11.3 Å². The average Bonchev–Trinajstić information content (AvgIpc) is 3.02. The fourth-order valence-electron chi connectivity index (χ4n) is 2.06. The number of hydrogen-bond donors (Lipinski definition) is 2. The molecule has 0 radical (unpaired) electrons. The molecule has 1 aromatic heterocycles. The molecular weight excluding hydrogens is 301 g/mol. The Hall–Kier alpha value is -2.63. The lowest BCUT2D eigenvalue weighted by Crippen LogP contribution is -2.42. The van der Waals surface area contributed by atoms with Crippen LogP contribution in [0, 0.1) is 0 Å². The van der Waals surface area contributed by atoms with Gasteiger partial charge in [0.2, 0.25) is 0 Å². The Kier molecular flexibility index (Phi) is 5.16. The van der Waals surface area contributed by atoms with Gasteiger partial charge in [0.15, 0.2) is 11.8 Å². The van der Waals surface area contributed by atoms with Crippen LogP contribution in [0.3, 0.4) is 0 Å². The summed E-state index contributed by atoms with van der Waals surface area (Å²) in [6, 6.07) is 9.20. The molecule has 1 unspecified atom stereocenters. The van der Waals surface area contributed by atoms with Gasteiger partial charge in [-0.2, -0.15) is 0 Å². The summed E-state index contributed by atoms with van der Waals surface area (Å²) in [6.07, 6.45) is 0. The van der Waals surface area contributed by atoms with E-state index < -0.39 is 24.6 Å². The highest BCUT2D eigenvalue weighted by molar-refractivity contribution is 5.94. The molecule has 0 aliphatic carbocycles. The van der Waals surface area contributed by atoms with Gasteiger partial charge in [-0.25, -0.2) is 9.18 Å². The molecule has 0 bridgehead atoms.